The predicted molar refractivity (Wildman–Crippen MR) is 82.4 cm³/mol. The molecule has 2 heterocycles. The van der Waals surface area contributed by atoms with Crippen LogP contribution < -0.4 is 0 Å². The van der Waals surface area contributed by atoms with E-state index in [2.05, 4.69) is 10.00 Å². The van der Waals surface area contributed by atoms with E-state index in [0.717, 1.165) is 36.8 Å². The fourth-order valence-electron chi connectivity index (χ4n) is 3.05. The van der Waals surface area contributed by atoms with Crippen LogP contribution >= 0.6 is 0 Å². The van der Waals surface area contributed by atoms with Gasteiger partial charge in [0.1, 0.15) is 0 Å². The Hall–Kier alpha value is -1.99. The largest absolute Gasteiger partial charge is 0.393 e. The summed E-state index contributed by atoms with van der Waals surface area (Å²) in [5.74, 6) is 0.367. The number of nitro groups is 1. The third-order valence-corrected chi connectivity index (χ3v) is 4.49. The number of hydrogen-bond donors (Lipinski definition) is 1. The number of non-ortho nitro benzene ring substituents is 1. The highest BCUT2D eigenvalue weighted by atomic mass is 16.6. The van der Waals surface area contributed by atoms with Crippen LogP contribution in [0.15, 0.2) is 24.4 Å². The first kappa shape index (κ1) is 14.9. The number of aromatic nitrogens is 2. The summed E-state index contributed by atoms with van der Waals surface area (Å²) >= 11 is 0. The molecular formula is C15H20N4O3. The number of aliphatic hydroxyl groups is 1. The maximum absolute atomic E-state index is 10.9. The van der Waals surface area contributed by atoms with Crippen molar-refractivity contribution in [1.82, 2.24) is 14.7 Å². The number of hydrogen-bond acceptors (Lipinski definition) is 5. The minimum Gasteiger partial charge on any atom is -0.393 e. The van der Waals surface area contributed by atoms with Crippen LogP contribution in [0.2, 0.25) is 0 Å². The van der Waals surface area contributed by atoms with Gasteiger partial charge < -0.3 is 5.11 Å². The van der Waals surface area contributed by atoms with Gasteiger partial charge in [0.05, 0.1) is 29.4 Å². The highest BCUT2D eigenvalue weighted by molar-refractivity contribution is 5.80. The van der Waals surface area contributed by atoms with E-state index in [0.29, 0.717) is 12.6 Å². The molecule has 2 aromatic rings. The molecule has 1 aromatic carbocycles. The molecule has 1 unspecified atom stereocenters. The Labute approximate surface area is 128 Å². The van der Waals surface area contributed by atoms with Gasteiger partial charge in [-0.25, -0.2) is 0 Å². The standard InChI is InChI=1S/C15H20N4O3/c1-11(20)12-4-6-17(7-5-12)10-18-15-8-14(19(21)22)3-2-13(15)9-16-18/h2-3,8-9,11-12,20H,4-7,10H2,1H3. The number of rotatable bonds is 4. The number of nitrogens with zero attached hydrogens (tertiary/aromatic N) is 4. The number of piperidine rings is 1. The first-order chi connectivity index (χ1) is 10.5. The van der Waals surface area contributed by atoms with Crippen molar-refractivity contribution in [3.63, 3.8) is 0 Å². The lowest BCUT2D eigenvalue weighted by Gasteiger charge is -2.33. The van der Waals surface area contributed by atoms with Crippen molar-refractivity contribution in [2.75, 3.05) is 13.1 Å². The molecule has 0 bridgehead atoms. The molecule has 1 fully saturated rings. The van der Waals surface area contributed by atoms with Gasteiger partial charge in [0.2, 0.25) is 0 Å². The average molecular weight is 304 g/mol. The Morgan fingerprint density at radius 2 is 2.18 bits per heavy atom. The van der Waals surface area contributed by atoms with Gasteiger partial charge in [0, 0.05) is 30.6 Å². The van der Waals surface area contributed by atoms with Crippen molar-refractivity contribution in [3.8, 4) is 0 Å². The Morgan fingerprint density at radius 1 is 1.45 bits per heavy atom. The Balaban J connectivity index is 1.74. The van der Waals surface area contributed by atoms with E-state index >= 15 is 0 Å². The summed E-state index contributed by atoms with van der Waals surface area (Å²) in [6.45, 7) is 4.29. The topological polar surface area (TPSA) is 84.4 Å². The van der Waals surface area contributed by atoms with Crippen LogP contribution in [-0.4, -0.2) is 43.9 Å². The van der Waals surface area contributed by atoms with Crippen LogP contribution in [0.5, 0.6) is 0 Å². The van der Waals surface area contributed by atoms with Gasteiger partial charge in [0.25, 0.3) is 5.69 Å². The quantitative estimate of drug-likeness (QED) is 0.690. The molecule has 0 aliphatic carbocycles. The molecule has 3 rings (SSSR count). The van der Waals surface area contributed by atoms with Gasteiger partial charge in [-0.3, -0.25) is 19.7 Å². The maximum atomic E-state index is 10.9. The summed E-state index contributed by atoms with van der Waals surface area (Å²) in [5.41, 5.74) is 0.869. The summed E-state index contributed by atoms with van der Waals surface area (Å²) in [4.78, 5) is 12.8. The Bertz CT molecular complexity index is 674. The number of fused-ring (bicyclic) bond motifs is 1. The lowest BCUT2D eigenvalue weighted by Crippen LogP contribution is -2.38. The second-order valence-corrected chi connectivity index (χ2v) is 5.98. The normalized spacial score (nSPS) is 18.6. The fraction of sp³-hybridized carbons (Fsp3) is 0.533. The van der Waals surface area contributed by atoms with Crippen LogP contribution in [0.1, 0.15) is 19.8 Å². The molecule has 1 saturated heterocycles. The van der Waals surface area contributed by atoms with E-state index in [1.165, 1.54) is 6.07 Å². The fourth-order valence-corrected chi connectivity index (χ4v) is 3.05. The van der Waals surface area contributed by atoms with E-state index in [-0.39, 0.29) is 16.7 Å². The molecule has 22 heavy (non-hydrogen) atoms. The molecule has 1 aliphatic heterocycles. The SMILES string of the molecule is CC(O)C1CCN(Cn2ncc3ccc([N+](=O)[O-])cc32)CC1. The molecule has 0 saturated carbocycles. The van der Waals surface area contributed by atoms with Crippen molar-refractivity contribution in [1.29, 1.82) is 0 Å². The Morgan fingerprint density at radius 3 is 2.82 bits per heavy atom. The van der Waals surface area contributed by atoms with Crippen molar-refractivity contribution < 1.29 is 10.0 Å². The first-order valence-electron chi connectivity index (χ1n) is 7.55. The van der Waals surface area contributed by atoms with Gasteiger partial charge in [-0.05, 0) is 31.7 Å². The van der Waals surface area contributed by atoms with Gasteiger partial charge in [-0.15, -0.1) is 0 Å². The number of nitro benzene ring substituents is 1. The van der Waals surface area contributed by atoms with Gasteiger partial charge in [-0.1, -0.05) is 0 Å². The molecule has 0 amide bonds. The average Bonchev–Trinajstić information content (AvgIpc) is 2.90. The maximum Gasteiger partial charge on any atom is 0.271 e. The molecule has 1 atom stereocenters. The smallest absolute Gasteiger partial charge is 0.271 e. The summed E-state index contributed by atoms with van der Waals surface area (Å²) < 4.78 is 1.81. The van der Waals surface area contributed by atoms with Crippen LogP contribution in [-0.2, 0) is 6.67 Å². The Kier molecular flexibility index (Phi) is 4.08. The lowest BCUT2D eigenvalue weighted by molar-refractivity contribution is -0.384. The van der Waals surface area contributed by atoms with Crippen molar-refractivity contribution in [2.24, 2.45) is 5.92 Å². The third kappa shape index (κ3) is 2.95. The molecule has 1 aliphatic rings. The molecule has 118 valence electrons. The number of likely N-dealkylation sites (tertiary alicyclic amines) is 1. The molecule has 7 heteroatoms. The van der Waals surface area contributed by atoms with E-state index in [1.54, 1.807) is 18.3 Å². The first-order valence-corrected chi connectivity index (χ1v) is 7.55. The van der Waals surface area contributed by atoms with Gasteiger partial charge >= 0.3 is 0 Å². The zero-order valence-corrected chi connectivity index (χ0v) is 12.6. The molecule has 1 aromatic heterocycles. The van der Waals surface area contributed by atoms with Crippen molar-refractivity contribution >= 4 is 16.6 Å². The molecule has 1 N–H and O–H groups in total. The van der Waals surface area contributed by atoms with E-state index in [9.17, 15) is 15.2 Å². The highest BCUT2D eigenvalue weighted by Gasteiger charge is 2.23. The summed E-state index contributed by atoms with van der Waals surface area (Å²) in [6.07, 6.45) is 3.42. The van der Waals surface area contributed by atoms with Gasteiger partial charge in [-0.2, -0.15) is 5.10 Å². The summed E-state index contributed by atoms with van der Waals surface area (Å²) in [5, 5.41) is 25.8. The minimum absolute atomic E-state index is 0.0852. The zero-order valence-electron chi connectivity index (χ0n) is 12.6. The lowest BCUT2D eigenvalue weighted by atomic mass is 9.92. The minimum atomic E-state index is -0.384. The number of aliphatic hydroxyl groups excluding tert-OH is 1. The highest BCUT2D eigenvalue weighted by Crippen LogP contribution is 2.23. The van der Waals surface area contributed by atoms with E-state index in [4.69, 9.17) is 0 Å². The summed E-state index contributed by atoms with van der Waals surface area (Å²) in [7, 11) is 0. The van der Waals surface area contributed by atoms with Crippen molar-refractivity contribution in [3.05, 3.63) is 34.5 Å². The van der Waals surface area contributed by atoms with Gasteiger partial charge in [0.15, 0.2) is 0 Å². The summed E-state index contributed by atoms with van der Waals surface area (Å²) in [6, 6.07) is 4.81. The third-order valence-electron chi connectivity index (χ3n) is 4.49. The van der Waals surface area contributed by atoms with E-state index < -0.39 is 0 Å². The second kappa shape index (κ2) is 6.02. The van der Waals surface area contributed by atoms with Crippen LogP contribution in [0.25, 0.3) is 10.9 Å². The second-order valence-electron chi connectivity index (χ2n) is 5.98. The van der Waals surface area contributed by atoms with Crippen molar-refractivity contribution in [2.45, 2.75) is 32.5 Å². The van der Waals surface area contributed by atoms with Crippen LogP contribution in [0.3, 0.4) is 0 Å². The molecular weight excluding hydrogens is 284 g/mol. The zero-order chi connectivity index (χ0) is 15.7. The monoisotopic (exact) mass is 304 g/mol. The van der Waals surface area contributed by atoms with Crippen LogP contribution in [0, 0.1) is 16.0 Å². The molecule has 0 spiro atoms. The predicted octanol–water partition coefficient (Wildman–Crippen LogP) is 1.99. The number of benzene rings is 1. The molecule has 7 nitrogen and oxygen atoms in total. The molecule has 0 radical (unpaired) electrons. The van der Waals surface area contributed by atoms with Crippen LogP contribution in [0.4, 0.5) is 5.69 Å². The van der Waals surface area contributed by atoms with E-state index in [1.807, 2.05) is 11.6 Å².